The monoisotopic (exact) mass is 452 g/mol. The van der Waals surface area contributed by atoms with Crippen molar-refractivity contribution in [2.75, 3.05) is 31.2 Å². The van der Waals surface area contributed by atoms with Gasteiger partial charge in [0.2, 0.25) is 0 Å². The maximum Gasteiger partial charge on any atom is 0.289 e. The van der Waals surface area contributed by atoms with Crippen LogP contribution in [-0.4, -0.2) is 52.9 Å². The summed E-state index contributed by atoms with van der Waals surface area (Å²) in [5.41, 5.74) is 8.68. The van der Waals surface area contributed by atoms with Crippen LogP contribution >= 0.6 is 11.3 Å². The first-order chi connectivity index (χ1) is 15.6. The molecular weight excluding hydrogens is 428 g/mol. The molecule has 2 amide bonds. The van der Waals surface area contributed by atoms with Crippen LogP contribution in [-0.2, 0) is 4.74 Å². The van der Waals surface area contributed by atoms with Crippen LogP contribution in [0.4, 0.5) is 5.13 Å². The van der Waals surface area contributed by atoms with Crippen molar-refractivity contribution in [3.05, 3.63) is 58.4 Å². The van der Waals surface area contributed by atoms with Crippen molar-refractivity contribution in [2.24, 2.45) is 0 Å². The average molecular weight is 453 g/mol. The minimum Gasteiger partial charge on any atom is -0.378 e. The smallest absolute Gasteiger partial charge is 0.289 e. The minimum absolute atomic E-state index is 0.273. The van der Waals surface area contributed by atoms with E-state index in [4.69, 9.17) is 4.74 Å². The summed E-state index contributed by atoms with van der Waals surface area (Å²) in [6.07, 6.45) is 3.61. The van der Waals surface area contributed by atoms with Crippen molar-refractivity contribution in [3.8, 4) is 5.69 Å². The lowest BCUT2D eigenvalue weighted by atomic mass is 10.1. The third-order valence-electron chi connectivity index (χ3n) is 5.65. The van der Waals surface area contributed by atoms with Crippen molar-refractivity contribution >= 4 is 28.3 Å². The van der Waals surface area contributed by atoms with Gasteiger partial charge in [-0.1, -0.05) is 18.2 Å². The first kappa shape index (κ1) is 20.7. The molecule has 0 unspecified atom stereocenters. The van der Waals surface area contributed by atoms with Crippen molar-refractivity contribution < 1.29 is 14.3 Å². The molecule has 10 heteroatoms. The van der Waals surface area contributed by atoms with Gasteiger partial charge in [-0.15, -0.1) is 11.3 Å². The van der Waals surface area contributed by atoms with Crippen LogP contribution < -0.4 is 15.8 Å². The number of aryl methyl sites for hydroxylation is 1. The van der Waals surface area contributed by atoms with Gasteiger partial charge in [0.15, 0.2) is 5.13 Å². The molecule has 0 bridgehead atoms. The first-order valence-corrected chi connectivity index (χ1v) is 11.5. The Balaban J connectivity index is 1.28. The van der Waals surface area contributed by atoms with Gasteiger partial charge >= 0.3 is 0 Å². The van der Waals surface area contributed by atoms with Gasteiger partial charge in [0, 0.05) is 24.4 Å². The number of ether oxygens (including phenoxy) is 1. The molecule has 1 saturated carbocycles. The van der Waals surface area contributed by atoms with E-state index in [-0.39, 0.29) is 11.6 Å². The molecule has 9 nitrogen and oxygen atoms in total. The number of carbonyl (C=O) groups is 2. The van der Waals surface area contributed by atoms with E-state index in [1.54, 1.807) is 11.6 Å². The number of para-hydroxylation sites is 1. The fourth-order valence-electron chi connectivity index (χ4n) is 3.79. The number of hydrogen-bond donors (Lipinski definition) is 2. The predicted octanol–water partition coefficient (Wildman–Crippen LogP) is 2.43. The molecule has 3 aromatic rings. The molecule has 2 fully saturated rings. The van der Waals surface area contributed by atoms with Gasteiger partial charge in [-0.3, -0.25) is 20.4 Å². The van der Waals surface area contributed by atoms with E-state index in [2.05, 4.69) is 25.8 Å². The molecule has 2 N–H and O–H groups in total. The number of thiazole rings is 1. The van der Waals surface area contributed by atoms with Crippen LogP contribution in [0.3, 0.4) is 0 Å². The first-order valence-electron chi connectivity index (χ1n) is 10.6. The van der Waals surface area contributed by atoms with Crippen molar-refractivity contribution in [1.82, 2.24) is 25.6 Å². The summed E-state index contributed by atoms with van der Waals surface area (Å²) in [5, 5.41) is 6.96. The Labute approximate surface area is 189 Å². The van der Waals surface area contributed by atoms with Gasteiger partial charge in [0.05, 0.1) is 36.4 Å². The van der Waals surface area contributed by atoms with E-state index in [0.717, 1.165) is 48.0 Å². The number of hydrazine groups is 1. The van der Waals surface area contributed by atoms with E-state index in [1.165, 1.54) is 11.3 Å². The fraction of sp³-hybridized carbons (Fsp3) is 0.364. The fourth-order valence-corrected chi connectivity index (χ4v) is 4.65. The minimum atomic E-state index is -0.451. The largest absolute Gasteiger partial charge is 0.378 e. The molecule has 0 atom stereocenters. The molecule has 0 spiro atoms. The molecule has 3 heterocycles. The van der Waals surface area contributed by atoms with E-state index in [1.807, 2.05) is 35.9 Å². The van der Waals surface area contributed by atoms with Crippen LogP contribution in [0.2, 0.25) is 0 Å². The van der Waals surface area contributed by atoms with Crippen LogP contribution in [0.25, 0.3) is 5.69 Å². The van der Waals surface area contributed by atoms with Gasteiger partial charge in [-0.05, 0) is 31.4 Å². The number of aromatic nitrogens is 3. The third kappa shape index (κ3) is 4.11. The number of benzene rings is 1. The Hall–Kier alpha value is -3.24. The summed E-state index contributed by atoms with van der Waals surface area (Å²) in [4.78, 5) is 31.9. The summed E-state index contributed by atoms with van der Waals surface area (Å²) >= 11 is 1.40. The topological polar surface area (TPSA) is 101 Å². The Morgan fingerprint density at radius 1 is 1.12 bits per heavy atom. The van der Waals surface area contributed by atoms with Crippen LogP contribution in [0.15, 0.2) is 35.8 Å². The highest BCUT2D eigenvalue weighted by Gasteiger charge is 2.33. The number of morpholine rings is 1. The zero-order valence-corrected chi connectivity index (χ0v) is 18.5. The van der Waals surface area contributed by atoms with E-state index >= 15 is 0 Å². The second-order valence-corrected chi connectivity index (χ2v) is 8.78. The van der Waals surface area contributed by atoms with Crippen molar-refractivity contribution in [2.45, 2.75) is 25.7 Å². The number of rotatable bonds is 5. The van der Waals surface area contributed by atoms with Gasteiger partial charge in [0.25, 0.3) is 11.8 Å². The maximum atomic E-state index is 12.9. The van der Waals surface area contributed by atoms with Crippen molar-refractivity contribution in [3.63, 3.8) is 0 Å². The highest BCUT2D eigenvalue weighted by molar-refractivity contribution is 7.13. The lowest BCUT2D eigenvalue weighted by molar-refractivity contribution is 0.0843. The van der Waals surface area contributed by atoms with Gasteiger partial charge in [0.1, 0.15) is 5.69 Å². The SMILES string of the molecule is Cc1ccccc1-n1ncc(C(=O)NNC(=O)c2csc(N3CCOCC3)n2)c1C1CC1. The average Bonchev–Trinajstić information content (AvgIpc) is 3.36. The summed E-state index contributed by atoms with van der Waals surface area (Å²) in [6, 6.07) is 7.95. The highest BCUT2D eigenvalue weighted by Crippen LogP contribution is 2.42. The summed E-state index contributed by atoms with van der Waals surface area (Å²) in [7, 11) is 0. The molecule has 1 aromatic carbocycles. The molecule has 2 aromatic heterocycles. The predicted molar refractivity (Wildman–Crippen MR) is 120 cm³/mol. The summed E-state index contributed by atoms with van der Waals surface area (Å²) in [6.45, 7) is 4.82. The van der Waals surface area contributed by atoms with Gasteiger partial charge in [-0.2, -0.15) is 5.10 Å². The Morgan fingerprint density at radius 2 is 1.88 bits per heavy atom. The zero-order valence-electron chi connectivity index (χ0n) is 17.7. The number of hydrogen-bond acceptors (Lipinski definition) is 7. The highest BCUT2D eigenvalue weighted by atomic mass is 32.1. The van der Waals surface area contributed by atoms with Gasteiger partial charge < -0.3 is 9.64 Å². The molecule has 5 rings (SSSR count). The van der Waals surface area contributed by atoms with E-state index in [0.29, 0.717) is 24.7 Å². The third-order valence-corrected chi connectivity index (χ3v) is 6.56. The Morgan fingerprint density at radius 3 is 2.62 bits per heavy atom. The van der Waals surface area contributed by atoms with Crippen molar-refractivity contribution in [1.29, 1.82) is 0 Å². The standard InChI is InChI=1S/C22H24N6O3S/c1-14-4-2-3-5-18(14)28-19(15-6-7-15)16(12-23-28)20(29)25-26-21(30)17-13-32-22(24-17)27-8-10-31-11-9-27/h2-5,12-13,15H,6-11H2,1H3,(H,25,29)(H,26,30). The van der Waals surface area contributed by atoms with E-state index < -0.39 is 5.91 Å². The zero-order chi connectivity index (χ0) is 22.1. The second kappa shape index (κ2) is 8.71. The van der Waals surface area contributed by atoms with Crippen LogP contribution in [0.1, 0.15) is 50.9 Å². The molecule has 2 aliphatic rings. The lowest BCUT2D eigenvalue weighted by Gasteiger charge is -2.25. The second-order valence-electron chi connectivity index (χ2n) is 7.94. The molecular formula is C22H24N6O3S. The number of nitrogens with one attached hydrogen (secondary N) is 2. The summed E-state index contributed by atoms with van der Waals surface area (Å²) < 4.78 is 7.20. The lowest BCUT2D eigenvalue weighted by Crippen LogP contribution is -2.42. The van der Waals surface area contributed by atoms with Crippen LogP contribution in [0.5, 0.6) is 0 Å². The Bertz CT molecular complexity index is 1150. The summed E-state index contributed by atoms with van der Waals surface area (Å²) in [5.74, 6) is -0.541. The van der Waals surface area contributed by atoms with E-state index in [9.17, 15) is 9.59 Å². The van der Waals surface area contributed by atoms with Gasteiger partial charge in [-0.25, -0.2) is 9.67 Å². The molecule has 1 saturated heterocycles. The number of carbonyl (C=O) groups excluding carboxylic acids is 2. The van der Waals surface area contributed by atoms with Crippen LogP contribution in [0, 0.1) is 6.92 Å². The molecule has 32 heavy (non-hydrogen) atoms. The molecule has 166 valence electrons. The maximum absolute atomic E-state index is 12.9. The number of amides is 2. The quantitative estimate of drug-likeness (QED) is 0.577. The number of anilines is 1. The molecule has 1 aliphatic heterocycles. The molecule has 1 aliphatic carbocycles. The normalized spacial score (nSPS) is 16.1. The Kier molecular flexibility index (Phi) is 5.62. The number of nitrogens with zero attached hydrogens (tertiary/aromatic N) is 4. The molecule has 0 radical (unpaired) electrons.